The van der Waals surface area contributed by atoms with Crippen LogP contribution in [-0.4, -0.2) is 53.7 Å². The van der Waals surface area contributed by atoms with E-state index in [-0.39, 0.29) is 12.0 Å². The number of anilines is 2. The molecule has 1 N–H and O–H groups in total. The van der Waals surface area contributed by atoms with E-state index in [0.717, 1.165) is 0 Å². The molecule has 1 aliphatic rings. The van der Waals surface area contributed by atoms with Gasteiger partial charge in [-0.15, -0.1) is 0 Å². The van der Waals surface area contributed by atoms with Crippen LogP contribution in [0.3, 0.4) is 0 Å². The molecule has 2 heterocycles. The van der Waals surface area contributed by atoms with Crippen LogP contribution in [0.4, 0.5) is 16.3 Å². The van der Waals surface area contributed by atoms with Crippen molar-refractivity contribution in [2.24, 2.45) is 0 Å². The first-order chi connectivity index (χ1) is 11.2. The zero-order valence-corrected chi connectivity index (χ0v) is 15.2. The van der Waals surface area contributed by atoms with Crippen LogP contribution in [0.5, 0.6) is 0 Å². The summed E-state index contributed by atoms with van der Waals surface area (Å²) in [5.74, 6) is 0.473. The number of halogens is 1. The third kappa shape index (κ3) is 4.99. The number of amides is 2. The fourth-order valence-corrected chi connectivity index (χ4v) is 2.65. The lowest BCUT2D eigenvalue weighted by Gasteiger charge is -2.36. The minimum absolute atomic E-state index is 0.174. The molecule has 0 aromatic carbocycles. The predicted molar refractivity (Wildman–Crippen MR) is 93.6 cm³/mol. The largest absolute Gasteiger partial charge is 0.444 e. The number of carbonyl (C=O) groups excluding carboxylic acids is 2. The van der Waals surface area contributed by atoms with Crippen molar-refractivity contribution in [3.05, 3.63) is 17.3 Å². The smallest absolute Gasteiger partial charge is 0.410 e. The Morgan fingerprint density at radius 3 is 2.38 bits per heavy atom. The minimum Gasteiger partial charge on any atom is -0.444 e. The lowest BCUT2D eigenvalue weighted by Crippen LogP contribution is -2.50. The first-order valence-electron chi connectivity index (χ1n) is 7.82. The van der Waals surface area contributed by atoms with Crippen LogP contribution >= 0.6 is 11.6 Å². The third-order valence-corrected chi connectivity index (χ3v) is 3.65. The van der Waals surface area contributed by atoms with Crippen LogP contribution in [0, 0.1) is 0 Å². The predicted octanol–water partition coefficient (Wildman–Crippen LogP) is 2.75. The third-order valence-electron chi connectivity index (χ3n) is 3.37. The van der Waals surface area contributed by atoms with Gasteiger partial charge in [0, 0.05) is 33.1 Å². The maximum Gasteiger partial charge on any atom is 0.410 e. The number of hydrogen-bond acceptors (Lipinski definition) is 5. The van der Waals surface area contributed by atoms with E-state index in [1.807, 2.05) is 25.7 Å². The average Bonchev–Trinajstić information content (AvgIpc) is 2.45. The van der Waals surface area contributed by atoms with Gasteiger partial charge in [-0.1, -0.05) is 11.6 Å². The van der Waals surface area contributed by atoms with E-state index in [1.54, 1.807) is 17.2 Å². The summed E-state index contributed by atoms with van der Waals surface area (Å²) in [6, 6.07) is 1.67. The van der Waals surface area contributed by atoms with Gasteiger partial charge < -0.3 is 19.9 Å². The Balaban J connectivity index is 1.97. The molecule has 24 heavy (non-hydrogen) atoms. The van der Waals surface area contributed by atoms with Gasteiger partial charge in [-0.25, -0.2) is 9.78 Å². The summed E-state index contributed by atoms with van der Waals surface area (Å²) in [6.45, 7) is 9.29. The van der Waals surface area contributed by atoms with Crippen LogP contribution in [0.25, 0.3) is 0 Å². The zero-order valence-electron chi connectivity index (χ0n) is 14.4. The molecule has 0 bridgehead atoms. The molecule has 1 aliphatic heterocycles. The van der Waals surface area contributed by atoms with E-state index in [4.69, 9.17) is 16.3 Å². The van der Waals surface area contributed by atoms with Crippen molar-refractivity contribution in [1.29, 1.82) is 0 Å². The number of nitrogens with zero attached hydrogens (tertiary/aromatic N) is 3. The molecule has 0 spiro atoms. The topological polar surface area (TPSA) is 74.8 Å². The van der Waals surface area contributed by atoms with Gasteiger partial charge in [0.1, 0.15) is 11.4 Å². The van der Waals surface area contributed by atoms with Gasteiger partial charge in [0.05, 0.1) is 16.9 Å². The number of hydrogen-bond donors (Lipinski definition) is 1. The van der Waals surface area contributed by atoms with Crippen LogP contribution < -0.4 is 10.2 Å². The molecule has 0 saturated carbocycles. The van der Waals surface area contributed by atoms with E-state index >= 15 is 0 Å². The highest BCUT2D eigenvalue weighted by Crippen LogP contribution is 2.27. The lowest BCUT2D eigenvalue weighted by molar-refractivity contribution is -0.114. The lowest BCUT2D eigenvalue weighted by atomic mass is 10.2. The highest BCUT2D eigenvalue weighted by atomic mass is 35.5. The molecule has 7 nitrogen and oxygen atoms in total. The second-order valence-corrected chi connectivity index (χ2v) is 7.07. The summed E-state index contributed by atoms with van der Waals surface area (Å²) >= 11 is 6.27. The summed E-state index contributed by atoms with van der Waals surface area (Å²) in [7, 11) is 0. The van der Waals surface area contributed by atoms with Gasteiger partial charge in [0.25, 0.3) is 0 Å². The fourth-order valence-electron chi connectivity index (χ4n) is 2.36. The van der Waals surface area contributed by atoms with E-state index in [0.29, 0.717) is 42.7 Å². The number of pyridine rings is 1. The van der Waals surface area contributed by atoms with E-state index in [9.17, 15) is 9.59 Å². The second kappa shape index (κ2) is 7.25. The van der Waals surface area contributed by atoms with E-state index in [2.05, 4.69) is 10.3 Å². The molecule has 1 saturated heterocycles. The van der Waals surface area contributed by atoms with Crippen molar-refractivity contribution in [3.8, 4) is 0 Å². The number of carbonyl (C=O) groups is 2. The molecule has 8 heteroatoms. The van der Waals surface area contributed by atoms with Gasteiger partial charge in [-0.05, 0) is 26.8 Å². The SMILES string of the molecule is CC(=O)Nc1cnc(N2CCN(C(=O)OC(C)(C)C)CC2)c(Cl)c1. The summed E-state index contributed by atoms with van der Waals surface area (Å²) in [6.07, 6.45) is 1.27. The molecule has 0 atom stereocenters. The average molecular weight is 355 g/mol. The van der Waals surface area contributed by atoms with Crippen LogP contribution in [0.2, 0.25) is 5.02 Å². The Morgan fingerprint density at radius 2 is 1.88 bits per heavy atom. The summed E-state index contributed by atoms with van der Waals surface area (Å²) in [5, 5.41) is 3.11. The Labute approximate surface area is 146 Å². The zero-order chi connectivity index (χ0) is 17.9. The number of rotatable bonds is 2. The van der Waals surface area contributed by atoms with Crippen LogP contribution in [0.1, 0.15) is 27.7 Å². The fraction of sp³-hybridized carbons (Fsp3) is 0.562. The van der Waals surface area contributed by atoms with Crippen molar-refractivity contribution in [2.45, 2.75) is 33.3 Å². The second-order valence-electron chi connectivity index (χ2n) is 6.67. The molecule has 132 valence electrons. The first-order valence-corrected chi connectivity index (χ1v) is 8.19. The monoisotopic (exact) mass is 354 g/mol. The number of nitrogens with one attached hydrogen (secondary N) is 1. The van der Waals surface area contributed by atoms with Crippen LogP contribution in [-0.2, 0) is 9.53 Å². The van der Waals surface area contributed by atoms with Crippen LogP contribution in [0.15, 0.2) is 12.3 Å². The number of ether oxygens (including phenoxy) is 1. The van der Waals surface area contributed by atoms with Gasteiger partial charge in [0.2, 0.25) is 5.91 Å². The van der Waals surface area contributed by atoms with Crippen molar-refractivity contribution in [3.63, 3.8) is 0 Å². The maximum atomic E-state index is 12.1. The molecular formula is C16H23ClN4O3. The number of piperazine rings is 1. The van der Waals surface area contributed by atoms with Crippen molar-refractivity contribution < 1.29 is 14.3 Å². The maximum absolute atomic E-state index is 12.1. The van der Waals surface area contributed by atoms with Crippen molar-refractivity contribution in [2.75, 3.05) is 36.4 Å². The summed E-state index contributed by atoms with van der Waals surface area (Å²) < 4.78 is 5.38. The molecule has 2 rings (SSSR count). The summed E-state index contributed by atoms with van der Waals surface area (Å²) in [4.78, 5) is 31.2. The molecule has 0 aliphatic carbocycles. The normalized spacial score (nSPS) is 15.2. The standard InChI is InChI=1S/C16H23ClN4O3/c1-11(22)19-12-9-13(17)14(18-10-12)20-5-7-21(8-6-20)15(23)24-16(2,3)4/h9-10H,5-8H2,1-4H3,(H,19,22). The van der Waals surface area contributed by atoms with E-state index < -0.39 is 5.60 Å². The van der Waals surface area contributed by atoms with Crippen molar-refractivity contribution in [1.82, 2.24) is 9.88 Å². The summed E-state index contributed by atoms with van der Waals surface area (Å²) in [5.41, 5.74) is 0.0576. The van der Waals surface area contributed by atoms with Gasteiger partial charge in [-0.2, -0.15) is 0 Å². The quantitative estimate of drug-likeness (QED) is 0.883. The Bertz CT molecular complexity index is 622. The minimum atomic E-state index is -0.501. The Kier molecular flexibility index (Phi) is 5.54. The molecular weight excluding hydrogens is 332 g/mol. The highest BCUT2D eigenvalue weighted by Gasteiger charge is 2.27. The number of aromatic nitrogens is 1. The Hall–Kier alpha value is -2.02. The molecule has 1 aromatic heterocycles. The van der Waals surface area contributed by atoms with Gasteiger partial charge >= 0.3 is 6.09 Å². The van der Waals surface area contributed by atoms with Gasteiger partial charge in [0.15, 0.2) is 0 Å². The molecule has 0 unspecified atom stereocenters. The molecule has 1 aromatic rings. The van der Waals surface area contributed by atoms with Gasteiger partial charge in [-0.3, -0.25) is 4.79 Å². The Morgan fingerprint density at radius 1 is 1.25 bits per heavy atom. The molecule has 1 fully saturated rings. The highest BCUT2D eigenvalue weighted by molar-refractivity contribution is 6.33. The van der Waals surface area contributed by atoms with Crippen molar-refractivity contribution >= 4 is 35.1 Å². The molecule has 0 radical (unpaired) electrons. The molecule has 2 amide bonds. The first kappa shape index (κ1) is 18.3. The van der Waals surface area contributed by atoms with E-state index in [1.165, 1.54) is 6.92 Å².